The molecule has 0 radical (unpaired) electrons. The topological polar surface area (TPSA) is 109 Å². The highest BCUT2D eigenvalue weighted by Gasteiger charge is 2.57. The number of carbonyl (C=O) groups is 1. The predicted octanol–water partition coefficient (Wildman–Crippen LogP) is -0.710. The van der Waals surface area contributed by atoms with Gasteiger partial charge < -0.3 is 29.5 Å². The van der Waals surface area contributed by atoms with Crippen LogP contribution in [0.5, 0.6) is 0 Å². The summed E-state index contributed by atoms with van der Waals surface area (Å²) in [5.74, 6) is 0. The molecular formula is C16H21NO7. The van der Waals surface area contributed by atoms with Crippen molar-refractivity contribution in [1.29, 1.82) is 0 Å². The van der Waals surface area contributed by atoms with Crippen LogP contribution in [0.15, 0.2) is 23.3 Å². The summed E-state index contributed by atoms with van der Waals surface area (Å²) in [5.41, 5.74) is 1.91. The summed E-state index contributed by atoms with van der Waals surface area (Å²) in [5, 5.41) is 29.5. The van der Waals surface area contributed by atoms with Crippen LogP contribution in [-0.2, 0) is 14.2 Å². The molecule has 0 bridgehead atoms. The van der Waals surface area contributed by atoms with Gasteiger partial charge in [-0.25, -0.2) is 4.79 Å². The maximum Gasteiger partial charge on any atom is 0.410 e. The van der Waals surface area contributed by atoms with Crippen LogP contribution in [0, 0.1) is 0 Å². The number of hydrogen-bond donors (Lipinski definition) is 3. The Morgan fingerprint density at radius 2 is 2.12 bits per heavy atom. The molecule has 132 valence electrons. The molecule has 1 aliphatic carbocycles. The Morgan fingerprint density at radius 1 is 1.33 bits per heavy atom. The van der Waals surface area contributed by atoms with Crippen molar-refractivity contribution in [2.24, 2.45) is 0 Å². The highest BCUT2D eigenvalue weighted by molar-refractivity contribution is 5.74. The molecule has 1 saturated carbocycles. The van der Waals surface area contributed by atoms with E-state index in [0.29, 0.717) is 6.54 Å². The third-order valence-electron chi connectivity index (χ3n) is 5.16. The van der Waals surface area contributed by atoms with Gasteiger partial charge in [-0.2, -0.15) is 0 Å². The molecule has 8 heteroatoms. The third kappa shape index (κ3) is 2.21. The maximum atomic E-state index is 12.0. The Balaban J connectivity index is 1.60. The predicted molar refractivity (Wildman–Crippen MR) is 79.9 cm³/mol. The zero-order valence-electron chi connectivity index (χ0n) is 13.2. The molecule has 1 amide bonds. The van der Waals surface area contributed by atoms with Crippen LogP contribution in [-0.4, -0.2) is 82.3 Å². The Morgan fingerprint density at radius 3 is 2.88 bits per heavy atom. The van der Waals surface area contributed by atoms with Crippen LogP contribution < -0.4 is 0 Å². The van der Waals surface area contributed by atoms with Gasteiger partial charge in [0.15, 0.2) is 12.4 Å². The number of rotatable bonds is 2. The van der Waals surface area contributed by atoms with Crippen molar-refractivity contribution >= 4 is 6.09 Å². The van der Waals surface area contributed by atoms with Gasteiger partial charge in [0.2, 0.25) is 0 Å². The Bertz CT molecular complexity index is 603. The fraction of sp³-hybridized carbons (Fsp3) is 0.688. The number of carbonyl (C=O) groups excluding carboxylic acids is 1. The highest BCUT2D eigenvalue weighted by Crippen LogP contribution is 2.45. The molecule has 3 fully saturated rings. The minimum Gasteiger partial charge on any atom is -0.440 e. The average molecular weight is 339 g/mol. The van der Waals surface area contributed by atoms with Gasteiger partial charge in [-0.15, -0.1) is 0 Å². The molecule has 8 nitrogen and oxygen atoms in total. The molecular weight excluding hydrogens is 318 g/mol. The number of aliphatic hydroxyl groups excluding tert-OH is 3. The summed E-state index contributed by atoms with van der Waals surface area (Å²) in [6, 6.07) is -0.182. The van der Waals surface area contributed by atoms with Crippen molar-refractivity contribution in [3.8, 4) is 0 Å². The molecule has 24 heavy (non-hydrogen) atoms. The lowest BCUT2D eigenvalue weighted by atomic mass is 10.0. The van der Waals surface area contributed by atoms with Crippen LogP contribution in [0.25, 0.3) is 0 Å². The summed E-state index contributed by atoms with van der Waals surface area (Å²) in [6.07, 6.45) is -1.68. The Kier molecular flexibility index (Phi) is 3.89. The van der Waals surface area contributed by atoms with Gasteiger partial charge in [0.25, 0.3) is 0 Å². The van der Waals surface area contributed by atoms with Crippen molar-refractivity contribution < 1.29 is 34.3 Å². The largest absolute Gasteiger partial charge is 0.440 e. The smallest absolute Gasteiger partial charge is 0.410 e. The molecule has 4 unspecified atom stereocenters. The van der Waals surface area contributed by atoms with Gasteiger partial charge in [0.1, 0.15) is 30.5 Å². The van der Waals surface area contributed by atoms with Crippen molar-refractivity contribution in [2.45, 2.75) is 56.2 Å². The first-order valence-corrected chi connectivity index (χ1v) is 8.18. The standard InChI is InChI=1S/C16H21NO7/c1-2-7-8-4-3-5-17-10(8)14(24-16(17)21)13(7)23-15-12(20)11(19)9(18)6-22-15/h2,4,9-15,18-20H,3,5-6H2,1H3/b7-2-/t9?,10-,11?,12?,13-,14-,15?/m0/s1. The highest BCUT2D eigenvalue weighted by atomic mass is 16.7. The lowest BCUT2D eigenvalue weighted by Crippen LogP contribution is -2.55. The van der Waals surface area contributed by atoms with E-state index in [4.69, 9.17) is 14.2 Å². The van der Waals surface area contributed by atoms with Gasteiger partial charge >= 0.3 is 6.09 Å². The fourth-order valence-corrected chi connectivity index (χ4v) is 3.98. The van der Waals surface area contributed by atoms with Crippen molar-refractivity contribution in [3.63, 3.8) is 0 Å². The van der Waals surface area contributed by atoms with E-state index in [1.54, 1.807) is 4.90 Å². The van der Waals surface area contributed by atoms with E-state index in [1.165, 1.54) is 0 Å². The zero-order valence-corrected chi connectivity index (χ0v) is 13.2. The molecule has 7 atom stereocenters. The second kappa shape index (κ2) is 5.82. The number of nitrogens with zero attached hydrogens (tertiary/aromatic N) is 1. The van der Waals surface area contributed by atoms with Crippen LogP contribution >= 0.6 is 0 Å². The Labute approximate surface area is 138 Å². The summed E-state index contributed by atoms with van der Waals surface area (Å²) in [7, 11) is 0. The molecule has 3 aliphatic heterocycles. The molecule has 3 heterocycles. The summed E-state index contributed by atoms with van der Waals surface area (Å²) >= 11 is 0. The van der Waals surface area contributed by atoms with Crippen LogP contribution in [0.4, 0.5) is 4.79 Å². The SMILES string of the molecule is C/C=C1/C2=CCCN3C(=O)O[C@H]([C@H]1OC1OCC(O)C(O)C1O)[C@H]23. The Hall–Kier alpha value is -1.45. The fourth-order valence-electron chi connectivity index (χ4n) is 3.98. The van der Waals surface area contributed by atoms with Gasteiger partial charge in [0.05, 0.1) is 6.61 Å². The first kappa shape index (κ1) is 16.0. The quantitative estimate of drug-likeness (QED) is 0.610. The average Bonchev–Trinajstić information content (AvgIpc) is 3.07. The molecule has 2 saturated heterocycles. The maximum absolute atomic E-state index is 12.0. The van der Waals surface area contributed by atoms with Crippen LogP contribution in [0.2, 0.25) is 0 Å². The second-order valence-corrected chi connectivity index (χ2v) is 6.49. The summed E-state index contributed by atoms with van der Waals surface area (Å²) in [4.78, 5) is 13.7. The first-order valence-electron chi connectivity index (χ1n) is 8.18. The van der Waals surface area contributed by atoms with Gasteiger partial charge in [-0.3, -0.25) is 4.90 Å². The minimum atomic E-state index is -1.38. The van der Waals surface area contributed by atoms with E-state index >= 15 is 0 Å². The van der Waals surface area contributed by atoms with E-state index in [2.05, 4.69) is 6.08 Å². The van der Waals surface area contributed by atoms with Crippen molar-refractivity contribution in [3.05, 3.63) is 23.3 Å². The number of aliphatic hydroxyl groups is 3. The minimum absolute atomic E-state index is 0.135. The second-order valence-electron chi connectivity index (χ2n) is 6.49. The lowest BCUT2D eigenvalue weighted by molar-refractivity contribution is -0.283. The van der Waals surface area contributed by atoms with E-state index in [0.717, 1.165) is 17.6 Å². The number of amides is 1. The van der Waals surface area contributed by atoms with Crippen molar-refractivity contribution in [1.82, 2.24) is 4.90 Å². The van der Waals surface area contributed by atoms with E-state index in [1.807, 2.05) is 13.0 Å². The van der Waals surface area contributed by atoms with Gasteiger partial charge in [0, 0.05) is 6.54 Å². The molecule has 3 N–H and O–H groups in total. The summed E-state index contributed by atoms with van der Waals surface area (Å²) in [6.45, 7) is 2.36. The molecule has 0 aromatic carbocycles. The number of allylic oxidation sites excluding steroid dienone is 1. The van der Waals surface area contributed by atoms with E-state index < -0.39 is 36.8 Å². The summed E-state index contributed by atoms with van der Waals surface area (Å²) < 4.78 is 16.7. The molecule has 0 aromatic heterocycles. The van der Waals surface area contributed by atoms with Gasteiger partial charge in [-0.1, -0.05) is 12.2 Å². The van der Waals surface area contributed by atoms with Crippen LogP contribution in [0.3, 0.4) is 0 Å². The van der Waals surface area contributed by atoms with E-state index in [-0.39, 0.29) is 18.7 Å². The lowest BCUT2D eigenvalue weighted by Gasteiger charge is -2.36. The molecule has 0 aromatic rings. The first-order chi connectivity index (χ1) is 11.5. The third-order valence-corrected chi connectivity index (χ3v) is 5.16. The normalized spacial score (nSPS) is 46.1. The molecule has 4 rings (SSSR count). The molecule has 4 aliphatic rings. The number of ether oxygens (including phenoxy) is 3. The molecule has 0 spiro atoms. The van der Waals surface area contributed by atoms with Crippen molar-refractivity contribution in [2.75, 3.05) is 13.2 Å². The van der Waals surface area contributed by atoms with E-state index in [9.17, 15) is 20.1 Å². The monoisotopic (exact) mass is 339 g/mol. The zero-order chi connectivity index (χ0) is 17.0. The van der Waals surface area contributed by atoms with Crippen LogP contribution in [0.1, 0.15) is 13.3 Å². The number of hydrogen-bond acceptors (Lipinski definition) is 7. The van der Waals surface area contributed by atoms with Gasteiger partial charge in [-0.05, 0) is 24.5 Å².